The molecular formula is C18H14N4O4. The Morgan fingerprint density at radius 2 is 2.04 bits per heavy atom. The lowest BCUT2D eigenvalue weighted by atomic mass is 10.1. The summed E-state index contributed by atoms with van der Waals surface area (Å²) in [6, 6.07) is 12.0. The Balaban J connectivity index is 1.52. The molecule has 0 fully saturated rings. The highest BCUT2D eigenvalue weighted by molar-refractivity contribution is 5.96. The van der Waals surface area contributed by atoms with Crippen molar-refractivity contribution in [2.75, 3.05) is 17.2 Å². The number of nitrogens with one attached hydrogen (secondary N) is 3. The zero-order valence-electron chi connectivity index (χ0n) is 13.5. The Morgan fingerprint density at radius 3 is 2.92 bits per heavy atom. The Bertz CT molecular complexity index is 1090. The fraction of sp³-hybridized carbons (Fsp3) is 0.111. The number of amides is 2. The number of aromatic nitrogens is 2. The number of rotatable bonds is 3. The molecule has 8 nitrogen and oxygen atoms in total. The summed E-state index contributed by atoms with van der Waals surface area (Å²) in [6.07, 6.45) is 0.0552. The lowest BCUT2D eigenvalue weighted by Crippen LogP contribution is -2.25. The smallest absolute Gasteiger partial charge is 0.262 e. The van der Waals surface area contributed by atoms with Crippen molar-refractivity contribution in [2.24, 2.45) is 0 Å². The second-order valence-corrected chi connectivity index (χ2v) is 5.82. The van der Waals surface area contributed by atoms with E-state index in [0.29, 0.717) is 27.9 Å². The number of H-pyrrole nitrogens is 1. The van der Waals surface area contributed by atoms with E-state index in [1.165, 1.54) is 0 Å². The molecule has 2 amide bonds. The third kappa shape index (κ3) is 3.12. The molecule has 26 heavy (non-hydrogen) atoms. The van der Waals surface area contributed by atoms with Crippen LogP contribution < -0.4 is 20.9 Å². The molecule has 0 bridgehead atoms. The van der Waals surface area contributed by atoms with Gasteiger partial charge >= 0.3 is 0 Å². The van der Waals surface area contributed by atoms with Crippen molar-refractivity contribution < 1.29 is 14.3 Å². The van der Waals surface area contributed by atoms with Crippen molar-refractivity contribution in [2.45, 2.75) is 6.42 Å². The van der Waals surface area contributed by atoms with Crippen LogP contribution in [-0.2, 0) is 16.0 Å². The molecule has 8 heteroatoms. The summed E-state index contributed by atoms with van der Waals surface area (Å²) in [5, 5.41) is 5.74. The molecular weight excluding hydrogens is 336 g/mol. The normalized spacial score (nSPS) is 12.8. The molecule has 1 aliphatic heterocycles. The lowest BCUT2D eigenvalue weighted by molar-refractivity contribution is -0.118. The van der Waals surface area contributed by atoms with E-state index in [1.54, 1.807) is 42.5 Å². The molecule has 2 heterocycles. The first-order valence-electron chi connectivity index (χ1n) is 7.93. The number of anilines is 2. The molecule has 1 aromatic heterocycles. The number of benzene rings is 2. The maximum absolute atomic E-state index is 12.3. The number of aromatic amines is 1. The summed E-state index contributed by atoms with van der Waals surface area (Å²) in [5.74, 6) is 0.0751. The van der Waals surface area contributed by atoms with Crippen molar-refractivity contribution in [3.63, 3.8) is 0 Å². The van der Waals surface area contributed by atoms with Gasteiger partial charge in [-0.3, -0.25) is 24.7 Å². The van der Waals surface area contributed by atoms with Gasteiger partial charge in [-0.25, -0.2) is 4.98 Å². The molecule has 0 saturated heterocycles. The maximum Gasteiger partial charge on any atom is 0.262 e. The highest BCUT2D eigenvalue weighted by Gasteiger charge is 2.17. The van der Waals surface area contributed by atoms with E-state index in [9.17, 15) is 14.4 Å². The summed E-state index contributed by atoms with van der Waals surface area (Å²) in [5.41, 5.74) is 1.40. The molecule has 2 aromatic carbocycles. The van der Waals surface area contributed by atoms with Gasteiger partial charge in [0.2, 0.25) is 11.9 Å². The first kappa shape index (κ1) is 15.8. The van der Waals surface area contributed by atoms with Crippen molar-refractivity contribution in [3.05, 3.63) is 58.4 Å². The van der Waals surface area contributed by atoms with Gasteiger partial charge in [-0.1, -0.05) is 18.2 Å². The molecule has 0 unspecified atom stereocenters. The fourth-order valence-corrected chi connectivity index (χ4v) is 2.75. The predicted molar refractivity (Wildman–Crippen MR) is 95.3 cm³/mol. The number of ether oxygens (including phenoxy) is 1. The van der Waals surface area contributed by atoms with Gasteiger partial charge in [-0.2, -0.15) is 0 Å². The van der Waals surface area contributed by atoms with E-state index < -0.39 is 0 Å². The molecule has 130 valence electrons. The number of hydrogen-bond donors (Lipinski definition) is 3. The molecule has 0 atom stereocenters. The minimum atomic E-state index is -0.341. The van der Waals surface area contributed by atoms with E-state index in [-0.39, 0.29) is 36.3 Å². The zero-order valence-corrected chi connectivity index (χ0v) is 13.5. The first-order chi connectivity index (χ1) is 12.6. The molecule has 0 saturated carbocycles. The largest absolute Gasteiger partial charge is 0.482 e. The summed E-state index contributed by atoms with van der Waals surface area (Å²) >= 11 is 0. The van der Waals surface area contributed by atoms with Crippen LogP contribution >= 0.6 is 0 Å². The summed E-state index contributed by atoms with van der Waals surface area (Å²) in [6.45, 7) is -0.0200. The first-order valence-corrected chi connectivity index (χ1v) is 7.93. The third-order valence-electron chi connectivity index (χ3n) is 3.91. The highest BCUT2D eigenvalue weighted by atomic mass is 16.5. The molecule has 0 radical (unpaired) electrons. The zero-order chi connectivity index (χ0) is 18.1. The molecule has 0 spiro atoms. The van der Waals surface area contributed by atoms with Gasteiger partial charge in [0.25, 0.3) is 11.5 Å². The lowest BCUT2D eigenvalue weighted by Gasteiger charge is -2.18. The Kier molecular flexibility index (Phi) is 3.85. The minimum absolute atomic E-state index is 0.0200. The number of nitrogens with zero attached hydrogens (tertiary/aromatic N) is 1. The van der Waals surface area contributed by atoms with E-state index in [2.05, 4.69) is 20.6 Å². The maximum atomic E-state index is 12.3. The number of carbonyl (C=O) groups is 2. The minimum Gasteiger partial charge on any atom is -0.482 e. The van der Waals surface area contributed by atoms with Gasteiger partial charge < -0.3 is 10.1 Å². The van der Waals surface area contributed by atoms with Gasteiger partial charge in [0.15, 0.2) is 6.61 Å². The van der Waals surface area contributed by atoms with Gasteiger partial charge in [0, 0.05) is 0 Å². The van der Waals surface area contributed by atoms with E-state index >= 15 is 0 Å². The molecule has 3 N–H and O–H groups in total. The number of hydrogen-bond acceptors (Lipinski definition) is 5. The van der Waals surface area contributed by atoms with Crippen LogP contribution in [0.1, 0.15) is 5.56 Å². The topological polar surface area (TPSA) is 113 Å². The second kappa shape index (κ2) is 6.32. The van der Waals surface area contributed by atoms with E-state index in [4.69, 9.17) is 4.74 Å². The van der Waals surface area contributed by atoms with Gasteiger partial charge in [-0.05, 0) is 29.8 Å². The van der Waals surface area contributed by atoms with Gasteiger partial charge in [-0.15, -0.1) is 0 Å². The monoisotopic (exact) mass is 350 g/mol. The van der Waals surface area contributed by atoms with Crippen molar-refractivity contribution in [1.29, 1.82) is 0 Å². The fourth-order valence-electron chi connectivity index (χ4n) is 2.75. The number of fused-ring (bicyclic) bond motifs is 2. The van der Waals surface area contributed by atoms with Crippen LogP contribution in [0.25, 0.3) is 10.9 Å². The Hall–Kier alpha value is -3.68. The molecule has 0 aliphatic carbocycles. The average Bonchev–Trinajstić information content (AvgIpc) is 2.61. The summed E-state index contributed by atoms with van der Waals surface area (Å²) in [4.78, 5) is 42.5. The van der Waals surface area contributed by atoms with Crippen LogP contribution in [0.5, 0.6) is 5.75 Å². The number of carbonyl (C=O) groups excluding carboxylic acids is 2. The average molecular weight is 350 g/mol. The Labute approximate surface area is 147 Å². The predicted octanol–water partition coefficient (Wildman–Crippen LogP) is 1.44. The SMILES string of the molecule is O=C(Cc1ccc2c(c1)NC(=O)CO2)Nc1nc2ccccc2c(=O)[nH]1. The van der Waals surface area contributed by atoms with Crippen LogP contribution in [0, 0.1) is 0 Å². The third-order valence-corrected chi connectivity index (χ3v) is 3.91. The second-order valence-electron chi connectivity index (χ2n) is 5.82. The van der Waals surface area contributed by atoms with Crippen LogP contribution in [0.15, 0.2) is 47.3 Å². The highest BCUT2D eigenvalue weighted by Crippen LogP contribution is 2.28. The molecule has 4 rings (SSSR count). The van der Waals surface area contributed by atoms with E-state index in [1.807, 2.05) is 0 Å². The van der Waals surface area contributed by atoms with E-state index in [0.717, 1.165) is 0 Å². The quantitative estimate of drug-likeness (QED) is 0.661. The summed E-state index contributed by atoms with van der Waals surface area (Å²) in [7, 11) is 0. The van der Waals surface area contributed by atoms with Crippen LogP contribution in [0.4, 0.5) is 11.6 Å². The van der Waals surface area contributed by atoms with Crippen LogP contribution in [0.3, 0.4) is 0 Å². The van der Waals surface area contributed by atoms with Gasteiger partial charge in [0.05, 0.1) is 23.0 Å². The molecule has 3 aromatic rings. The Morgan fingerprint density at radius 1 is 1.19 bits per heavy atom. The number of para-hydroxylation sites is 1. The summed E-state index contributed by atoms with van der Waals surface area (Å²) < 4.78 is 5.28. The standard InChI is InChI=1S/C18H14N4O4/c23-15(8-10-5-6-14-13(7-10)19-16(24)9-26-14)21-18-20-12-4-2-1-3-11(12)17(25)22-18/h1-7H,8-9H2,(H,19,24)(H2,20,21,22,23,25). The van der Waals surface area contributed by atoms with Crippen molar-refractivity contribution in [1.82, 2.24) is 9.97 Å². The molecule has 1 aliphatic rings. The van der Waals surface area contributed by atoms with Gasteiger partial charge in [0.1, 0.15) is 5.75 Å². The van der Waals surface area contributed by atoms with Crippen LogP contribution in [0.2, 0.25) is 0 Å². The van der Waals surface area contributed by atoms with Crippen molar-refractivity contribution in [3.8, 4) is 5.75 Å². The van der Waals surface area contributed by atoms with Crippen molar-refractivity contribution >= 4 is 34.4 Å². The van der Waals surface area contributed by atoms with Crippen LogP contribution in [-0.4, -0.2) is 28.4 Å².